The van der Waals surface area contributed by atoms with E-state index in [4.69, 9.17) is 15.2 Å². The summed E-state index contributed by atoms with van der Waals surface area (Å²) in [4.78, 5) is 38.0. The molecule has 1 fully saturated rings. The molecular formula is C24H38N4O5. The maximum Gasteiger partial charge on any atom is 0.407 e. The minimum atomic E-state index is -0.563. The largest absolute Gasteiger partial charge is 0.445 e. The maximum absolute atomic E-state index is 12.6. The van der Waals surface area contributed by atoms with Crippen LogP contribution in [0.4, 0.5) is 9.59 Å². The lowest BCUT2D eigenvalue weighted by atomic mass is 10.0. The van der Waals surface area contributed by atoms with E-state index in [1.165, 1.54) is 0 Å². The van der Waals surface area contributed by atoms with Gasteiger partial charge in [-0.3, -0.25) is 4.79 Å². The van der Waals surface area contributed by atoms with Gasteiger partial charge in [-0.05, 0) is 58.4 Å². The molecule has 1 atom stereocenters. The summed E-state index contributed by atoms with van der Waals surface area (Å²) in [5.74, 6) is -0.0693. The number of ether oxygens (including phenoxy) is 2. The number of unbranched alkanes of at least 4 members (excludes halogenated alkanes) is 1. The number of carbonyl (C=O) groups excluding carboxylic acids is 3. The number of alkyl carbamates (subject to hydrolysis) is 2. The summed E-state index contributed by atoms with van der Waals surface area (Å²) in [5.41, 5.74) is 6.50. The molecule has 9 nitrogen and oxygen atoms in total. The SMILES string of the molecule is CC(C)(C)OC(=O)NCCCCC(N)C(=O)N1CCC(NC(=O)OCc2ccccc2)CC1. The summed E-state index contributed by atoms with van der Waals surface area (Å²) in [6.07, 6.45) is 2.45. The molecule has 184 valence electrons. The van der Waals surface area contributed by atoms with Gasteiger partial charge in [0.2, 0.25) is 5.91 Å². The average Bonchev–Trinajstić information content (AvgIpc) is 2.77. The van der Waals surface area contributed by atoms with Gasteiger partial charge in [0.15, 0.2) is 0 Å². The van der Waals surface area contributed by atoms with Gasteiger partial charge in [-0.25, -0.2) is 9.59 Å². The number of hydrogen-bond acceptors (Lipinski definition) is 6. The van der Waals surface area contributed by atoms with Crippen LogP contribution in [-0.2, 0) is 20.9 Å². The van der Waals surface area contributed by atoms with Gasteiger partial charge < -0.3 is 30.7 Å². The van der Waals surface area contributed by atoms with E-state index in [0.29, 0.717) is 38.9 Å². The van der Waals surface area contributed by atoms with E-state index in [2.05, 4.69) is 10.6 Å². The number of nitrogens with two attached hydrogens (primary N) is 1. The van der Waals surface area contributed by atoms with Crippen molar-refractivity contribution >= 4 is 18.1 Å². The van der Waals surface area contributed by atoms with Gasteiger partial charge in [0.1, 0.15) is 12.2 Å². The van der Waals surface area contributed by atoms with Crippen molar-refractivity contribution in [1.82, 2.24) is 15.5 Å². The van der Waals surface area contributed by atoms with Gasteiger partial charge in [-0.1, -0.05) is 30.3 Å². The van der Waals surface area contributed by atoms with Crippen LogP contribution in [0, 0.1) is 0 Å². The first kappa shape index (κ1) is 26.4. The second-order valence-electron chi connectivity index (χ2n) is 9.34. The van der Waals surface area contributed by atoms with Crippen molar-refractivity contribution < 1.29 is 23.9 Å². The topological polar surface area (TPSA) is 123 Å². The fourth-order valence-corrected chi connectivity index (χ4v) is 3.53. The first-order valence-corrected chi connectivity index (χ1v) is 11.6. The third kappa shape index (κ3) is 10.6. The van der Waals surface area contributed by atoms with Crippen molar-refractivity contribution in [3.8, 4) is 0 Å². The zero-order valence-electron chi connectivity index (χ0n) is 20.0. The molecule has 0 aromatic heterocycles. The quantitative estimate of drug-likeness (QED) is 0.485. The number of hydrogen-bond donors (Lipinski definition) is 3. The minimum Gasteiger partial charge on any atom is -0.445 e. The van der Waals surface area contributed by atoms with Crippen LogP contribution in [0.25, 0.3) is 0 Å². The summed E-state index contributed by atoms with van der Waals surface area (Å²) >= 11 is 0. The van der Waals surface area contributed by atoms with Gasteiger partial charge >= 0.3 is 12.2 Å². The number of amides is 3. The van der Waals surface area contributed by atoms with E-state index in [0.717, 1.165) is 18.4 Å². The Kier molecular flexibility index (Phi) is 10.4. The third-order valence-electron chi connectivity index (χ3n) is 5.27. The summed E-state index contributed by atoms with van der Waals surface area (Å²) in [5, 5.41) is 5.58. The highest BCUT2D eigenvalue weighted by Crippen LogP contribution is 2.13. The normalized spacial score (nSPS) is 15.5. The van der Waals surface area contributed by atoms with Crippen molar-refractivity contribution in [2.24, 2.45) is 5.73 Å². The van der Waals surface area contributed by atoms with Crippen LogP contribution in [-0.4, -0.2) is 60.3 Å². The Hall–Kier alpha value is -2.81. The number of piperidine rings is 1. The van der Waals surface area contributed by atoms with E-state index < -0.39 is 23.8 Å². The maximum atomic E-state index is 12.6. The van der Waals surface area contributed by atoms with Crippen LogP contribution in [0.15, 0.2) is 30.3 Å². The van der Waals surface area contributed by atoms with E-state index in [9.17, 15) is 14.4 Å². The number of benzene rings is 1. The Balaban J connectivity index is 1.58. The highest BCUT2D eigenvalue weighted by Gasteiger charge is 2.27. The average molecular weight is 463 g/mol. The monoisotopic (exact) mass is 462 g/mol. The second-order valence-corrected chi connectivity index (χ2v) is 9.34. The first-order valence-electron chi connectivity index (χ1n) is 11.6. The zero-order valence-corrected chi connectivity index (χ0v) is 20.0. The van der Waals surface area contributed by atoms with Crippen LogP contribution >= 0.6 is 0 Å². The Morgan fingerprint density at radius 1 is 1.09 bits per heavy atom. The number of rotatable bonds is 9. The molecule has 1 heterocycles. The molecule has 0 radical (unpaired) electrons. The third-order valence-corrected chi connectivity index (χ3v) is 5.27. The Morgan fingerprint density at radius 3 is 2.39 bits per heavy atom. The molecule has 0 saturated carbocycles. The van der Waals surface area contributed by atoms with Crippen LogP contribution in [0.2, 0.25) is 0 Å². The molecule has 1 aliphatic heterocycles. The molecule has 33 heavy (non-hydrogen) atoms. The van der Waals surface area contributed by atoms with Gasteiger partial charge in [-0.15, -0.1) is 0 Å². The molecule has 0 aliphatic carbocycles. The lowest BCUT2D eigenvalue weighted by Crippen LogP contribution is -2.51. The molecule has 1 unspecified atom stereocenters. The Bertz CT molecular complexity index is 758. The van der Waals surface area contributed by atoms with E-state index in [1.807, 2.05) is 51.1 Å². The molecule has 3 amide bonds. The minimum absolute atomic E-state index is 0.0209. The second kappa shape index (κ2) is 13.0. The number of nitrogens with zero attached hydrogens (tertiary/aromatic N) is 1. The lowest BCUT2D eigenvalue weighted by molar-refractivity contribution is -0.133. The molecule has 1 aromatic carbocycles. The predicted octanol–water partition coefficient (Wildman–Crippen LogP) is 2.93. The van der Waals surface area contributed by atoms with Crippen molar-refractivity contribution in [2.45, 2.75) is 77.2 Å². The first-order chi connectivity index (χ1) is 15.6. The molecule has 0 bridgehead atoms. The molecule has 2 rings (SSSR count). The smallest absolute Gasteiger partial charge is 0.407 e. The highest BCUT2D eigenvalue weighted by atomic mass is 16.6. The molecule has 4 N–H and O–H groups in total. The zero-order chi connectivity index (χ0) is 24.3. The van der Waals surface area contributed by atoms with Crippen LogP contribution < -0.4 is 16.4 Å². The molecule has 0 spiro atoms. The number of likely N-dealkylation sites (tertiary alicyclic amines) is 1. The van der Waals surface area contributed by atoms with Crippen molar-refractivity contribution in [2.75, 3.05) is 19.6 Å². The van der Waals surface area contributed by atoms with Gasteiger partial charge in [0.05, 0.1) is 6.04 Å². The summed E-state index contributed by atoms with van der Waals surface area (Å²) in [7, 11) is 0. The highest BCUT2D eigenvalue weighted by molar-refractivity contribution is 5.81. The van der Waals surface area contributed by atoms with E-state index in [1.54, 1.807) is 4.90 Å². The van der Waals surface area contributed by atoms with Gasteiger partial charge in [0.25, 0.3) is 0 Å². The molecule has 9 heteroatoms. The van der Waals surface area contributed by atoms with Crippen molar-refractivity contribution in [1.29, 1.82) is 0 Å². The number of nitrogens with one attached hydrogen (secondary N) is 2. The Labute approximate surface area is 196 Å². The van der Waals surface area contributed by atoms with Crippen LogP contribution in [0.3, 0.4) is 0 Å². The van der Waals surface area contributed by atoms with E-state index >= 15 is 0 Å². The van der Waals surface area contributed by atoms with E-state index in [-0.39, 0.29) is 18.6 Å². The molecule has 1 saturated heterocycles. The summed E-state index contributed by atoms with van der Waals surface area (Å²) in [6.45, 7) is 7.25. The molecular weight excluding hydrogens is 424 g/mol. The van der Waals surface area contributed by atoms with Gasteiger partial charge in [-0.2, -0.15) is 0 Å². The predicted molar refractivity (Wildman–Crippen MR) is 125 cm³/mol. The summed E-state index contributed by atoms with van der Waals surface area (Å²) < 4.78 is 10.4. The van der Waals surface area contributed by atoms with Crippen molar-refractivity contribution in [3.05, 3.63) is 35.9 Å². The fraction of sp³-hybridized carbons (Fsp3) is 0.625. The summed E-state index contributed by atoms with van der Waals surface area (Å²) in [6, 6.07) is 8.92. The van der Waals surface area contributed by atoms with Crippen LogP contribution in [0.1, 0.15) is 58.4 Å². The van der Waals surface area contributed by atoms with Gasteiger partial charge in [0, 0.05) is 25.7 Å². The molecule has 1 aliphatic rings. The molecule has 1 aromatic rings. The fourth-order valence-electron chi connectivity index (χ4n) is 3.53. The number of carbonyl (C=O) groups is 3. The van der Waals surface area contributed by atoms with Crippen molar-refractivity contribution in [3.63, 3.8) is 0 Å². The van der Waals surface area contributed by atoms with Crippen LogP contribution in [0.5, 0.6) is 0 Å². The lowest BCUT2D eigenvalue weighted by Gasteiger charge is -2.33. The Morgan fingerprint density at radius 2 is 1.76 bits per heavy atom. The standard InChI is InChI=1S/C24H38N4O5/c1-24(2,3)33-22(30)26-14-8-7-11-20(25)21(29)28-15-12-19(13-16-28)27-23(31)32-17-18-9-5-4-6-10-18/h4-6,9-10,19-20H,7-8,11-17,25H2,1-3H3,(H,26,30)(H,27,31).